The van der Waals surface area contributed by atoms with Crippen LogP contribution in [0.4, 0.5) is 5.69 Å². The van der Waals surface area contributed by atoms with Gasteiger partial charge < -0.3 is 9.64 Å². The minimum atomic E-state index is 0.797. The molecule has 0 aliphatic heterocycles. The molecule has 0 amide bonds. The van der Waals surface area contributed by atoms with Crippen molar-refractivity contribution in [3.05, 3.63) is 53.0 Å². The zero-order valence-electron chi connectivity index (χ0n) is 10.9. The first-order valence-electron chi connectivity index (χ1n) is 5.87. The zero-order valence-corrected chi connectivity index (χ0v) is 12.5. The molecule has 0 radical (unpaired) electrons. The molecule has 3 nitrogen and oxygen atoms in total. The summed E-state index contributed by atoms with van der Waals surface area (Å²) in [6.07, 6.45) is 1.77. The molecule has 0 aromatic heterocycles. The molecule has 0 heterocycles. The Morgan fingerprint density at radius 3 is 2.00 bits per heavy atom. The molecule has 0 bridgehead atoms. The number of nitrogens with zero attached hydrogens (tertiary/aromatic N) is 2. The van der Waals surface area contributed by atoms with E-state index in [2.05, 4.69) is 20.9 Å². The van der Waals surface area contributed by atoms with Crippen LogP contribution in [0.1, 0.15) is 0 Å². The lowest BCUT2D eigenvalue weighted by Gasteiger charge is -2.06. The Labute approximate surface area is 121 Å². The largest absolute Gasteiger partial charge is 0.457 e. The van der Waals surface area contributed by atoms with E-state index in [1.165, 1.54) is 0 Å². The molecule has 0 N–H and O–H groups in total. The summed E-state index contributed by atoms with van der Waals surface area (Å²) in [6.45, 7) is 0. The Kier molecular flexibility index (Phi) is 4.58. The Bertz CT molecular complexity index is 547. The van der Waals surface area contributed by atoms with Gasteiger partial charge in [0.2, 0.25) is 0 Å². The van der Waals surface area contributed by atoms with Gasteiger partial charge in [0.1, 0.15) is 11.5 Å². The van der Waals surface area contributed by atoms with E-state index in [1.54, 1.807) is 6.34 Å². The van der Waals surface area contributed by atoms with Crippen molar-refractivity contribution in [2.24, 2.45) is 4.99 Å². The molecule has 2 aromatic carbocycles. The molecular formula is C15H15BrN2O. The van der Waals surface area contributed by atoms with Crippen LogP contribution in [-0.2, 0) is 0 Å². The second kappa shape index (κ2) is 6.38. The molecule has 98 valence electrons. The number of halogens is 1. The smallest absolute Gasteiger partial charge is 0.127 e. The molecule has 0 unspecified atom stereocenters. The van der Waals surface area contributed by atoms with Gasteiger partial charge in [0.15, 0.2) is 0 Å². The highest BCUT2D eigenvalue weighted by atomic mass is 79.9. The van der Waals surface area contributed by atoms with Crippen LogP contribution >= 0.6 is 15.9 Å². The lowest BCUT2D eigenvalue weighted by Crippen LogP contribution is -2.06. The summed E-state index contributed by atoms with van der Waals surface area (Å²) in [5, 5.41) is 0. The second-order valence-corrected chi connectivity index (χ2v) is 5.17. The molecule has 4 heteroatoms. The number of hydrogen-bond acceptors (Lipinski definition) is 2. The fourth-order valence-corrected chi connectivity index (χ4v) is 1.69. The van der Waals surface area contributed by atoms with E-state index in [0.717, 1.165) is 21.7 Å². The molecular weight excluding hydrogens is 304 g/mol. The van der Waals surface area contributed by atoms with Gasteiger partial charge in [-0.2, -0.15) is 0 Å². The van der Waals surface area contributed by atoms with Crippen molar-refractivity contribution in [3.8, 4) is 11.5 Å². The molecule has 19 heavy (non-hydrogen) atoms. The molecule has 2 aromatic rings. The highest BCUT2D eigenvalue weighted by Crippen LogP contribution is 2.25. The quantitative estimate of drug-likeness (QED) is 0.614. The maximum Gasteiger partial charge on any atom is 0.127 e. The van der Waals surface area contributed by atoms with Crippen LogP contribution in [-0.4, -0.2) is 25.3 Å². The lowest BCUT2D eigenvalue weighted by molar-refractivity contribution is 0.482. The normalized spacial score (nSPS) is 10.7. The summed E-state index contributed by atoms with van der Waals surface area (Å²) >= 11 is 3.39. The van der Waals surface area contributed by atoms with E-state index in [4.69, 9.17) is 4.74 Å². The average molecular weight is 319 g/mol. The summed E-state index contributed by atoms with van der Waals surface area (Å²) in [7, 11) is 3.88. The van der Waals surface area contributed by atoms with Crippen LogP contribution in [0.5, 0.6) is 11.5 Å². The first-order valence-corrected chi connectivity index (χ1v) is 6.67. The van der Waals surface area contributed by atoms with Gasteiger partial charge in [-0.05, 0) is 48.5 Å². The van der Waals surface area contributed by atoms with Crippen molar-refractivity contribution in [3.63, 3.8) is 0 Å². The molecule has 0 aliphatic rings. The fourth-order valence-electron chi connectivity index (χ4n) is 1.42. The van der Waals surface area contributed by atoms with Crippen molar-refractivity contribution in [2.45, 2.75) is 0 Å². The highest BCUT2D eigenvalue weighted by Gasteiger charge is 1.97. The van der Waals surface area contributed by atoms with E-state index in [0.29, 0.717) is 0 Å². The van der Waals surface area contributed by atoms with Crippen molar-refractivity contribution < 1.29 is 4.74 Å². The predicted octanol–water partition coefficient (Wildman–Crippen LogP) is 4.46. The Morgan fingerprint density at radius 1 is 0.947 bits per heavy atom. The third-order valence-electron chi connectivity index (χ3n) is 2.32. The van der Waals surface area contributed by atoms with Crippen molar-refractivity contribution in [1.29, 1.82) is 0 Å². The van der Waals surface area contributed by atoms with Crippen LogP contribution in [0.15, 0.2) is 58.0 Å². The van der Waals surface area contributed by atoms with Gasteiger partial charge >= 0.3 is 0 Å². The summed E-state index contributed by atoms with van der Waals surface area (Å²) in [5.74, 6) is 1.61. The maximum absolute atomic E-state index is 5.73. The molecule has 0 saturated heterocycles. The van der Waals surface area contributed by atoms with E-state index in [9.17, 15) is 0 Å². The summed E-state index contributed by atoms with van der Waals surface area (Å²) < 4.78 is 6.77. The first-order chi connectivity index (χ1) is 9.13. The molecule has 0 atom stereocenters. The minimum absolute atomic E-state index is 0.797. The van der Waals surface area contributed by atoms with Crippen molar-refractivity contribution in [2.75, 3.05) is 14.1 Å². The Morgan fingerprint density at radius 2 is 1.47 bits per heavy atom. The predicted molar refractivity (Wildman–Crippen MR) is 82.5 cm³/mol. The SMILES string of the molecule is CN(C)C=Nc1ccc(Oc2ccc(Br)cc2)cc1. The molecule has 0 aliphatic carbocycles. The van der Waals surface area contributed by atoms with Crippen LogP contribution < -0.4 is 4.74 Å². The highest BCUT2D eigenvalue weighted by molar-refractivity contribution is 9.10. The van der Waals surface area contributed by atoms with Gasteiger partial charge in [0.25, 0.3) is 0 Å². The summed E-state index contributed by atoms with van der Waals surface area (Å²) in [4.78, 5) is 6.20. The van der Waals surface area contributed by atoms with Crippen LogP contribution in [0.2, 0.25) is 0 Å². The van der Waals surface area contributed by atoms with Crippen LogP contribution in [0.25, 0.3) is 0 Å². The van der Waals surface area contributed by atoms with Crippen LogP contribution in [0, 0.1) is 0 Å². The summed E-state index contributed by atoms with van der Waals surface area (Å²) in [5.41, 5.74) is 0.900. The Balaban J connectivity index is 2.04. The van der Waals surface area contributed by atoms with Gasteiger partial charge in [-0.1, -0.05) is 15.9 Å². The minimum Gasteiger partial charge on any atom is -0.457 e. The van der Waals surface area contributed by atoms with Gasteiger partial charge in [-0.15, -0.1) is 0 Å². The summed E-state index contributed by atoms with van der Waals surface area (Å²) in [6, 6.07) is 15.4. The molecule has 2 rings (SSSR count). The monoisotopic (exact) mass is 318 g/mol. The maximum atomic E-state index is 5.73. The third kappa shape index (κ3) is 4.41. The number of ether oxygens (including phenoxy) is 1. The van der Waals surface area contributed by atoms with Crippen LogP contribution in [0.3, 0.4) is 0 Å². The third-order valence-corrected chi connectivity index (χ3v) is 2.85. The average Bonchev–Trinajstić information content (AvgIpc) is 2.40. The van der Waals surface area contributed by atoms with E-state index >= 15 is 0 Å². The van der Waals surface area contributed by atoms with E-state index < -0.39 is 0 Å². The van der Waals surface area contributed by atoms with Crippen molar-refractivity contribution >= 4 is 28.0 Å². The van der Waals surface area contributed by atoms with Gasteiger partial charge in [0.05, 0.1) is 12.0 Å². The van der Waals surface area contributed by atoms with Gasteiger partial charge in [0, 0.05) is 18.6 Å². The topological polar surface area (TPSA) is 24.8 Å². The van der Waals surface area contributed by atoms with E-state index in [1.807, 2.05) is 67.5 Å². The first kappa shape index (κ1) is 13.6. The standard InChI is InChI=1S/C15H15BrN2O/c1-18(2)11-17-13-5-9-15(10-6-13)19-14-7-3-12(16)4-8-14/h3-11H,1-2H3. The molecule has 0 saturated carbocycles. The van der Waals surface area contributed by atoms with Gasteiger partial charge in [-0.3, -0.25) is 0 Å². The number of benzene rings is 2. The Hall–Kier alpha value is -1.81. The van der Waals surface area contributed by atoms with E-state index in [-0.39, 0.29) is 0 Å². The lowest BCUT2D eigenvalue weighted by atomic mass is 10.3. The molecule has 0 spiro atoms. The molecule has 0 fully saturated rings. The zero-order chi connectivity index (χ0) is 13.7. The van der Waals surface area contributed by atoms with Crippen molar-refractivity contribution in [1.82, 2.24) is 4.90 Å². The fraction of sp³-hybridized carbons (Fsp3) is 0.133. The van der Waals surface area contributed by atoms with Gasteiger partial charge in [-0.25, -0.2) is 4.99 Å². The number of hydrogen-bond donors (Lipinski definition) is 0. The number of aliphatic imine (C=N–C) groups is 1. The number of rotatable bonds is 4. The second-order valence-electron chi connectivity index (χ2n) is 4.26.